The standard InChI is InChI=1S/C14H19NO4S2/c1-3-4-11-5-7-12(8-6-11)21(17,18)15-9-10-20-13(15)14(16)19-2/h5-8,13H,3-4,9-10H2,1-2H3. The number of hydrogen-bond donors (Lipinski definition) is 0. The minimum atomic E-state index is -3.66. The fourth-order valence-corrected chi connectivity index (χ4v) is 5.33. The average Bonchev–Trinajstić information content (AvgIpc) is 2.97. The molecule has 116 valence electrons. The van der Waals surface area contributed by atoms with Gasteiger partial charge in [0.2, 0.25) is 10.0 Å². The van der Waals surface area contributed by atoms with Gasteiger partial charge in [-0.25, -0.2) is 13.2 Å². The molecule has 0 saturated carbocycles. The second kappa shape index (κ2) is 6.81. The number of rotatable bonds is 5. The zero-order valence-electron chi connectivity index (χ0n) is 12.1. The van der Waals surface area contributed by atoms with Crippen molar-refractivity contribution in [2.45, 2.75) is 30.0 Å². The summed E-state index contributed by atoms with van der Waals surface area (Å²) < 4.78 is 31.2. The summed E-state index contributed by atoms with van der Waals surface area (Å²) in [5, 5.41) is -0.782. The van der Waals surface area contributed by atoms with Crippen molar-refractivity contribution in [2.75, 3.05) is 19.4 Å². The minimum Gasteiger partial charge on any atom is -0.467 e. The van der Waals surface area contributed by atoms with E-state index in [4.69, 9.17) is 0 Å². The van der Waals surface area contributed by atoms with E-state index in [-0.39, 0.29) is 4.90 Å². The predicted molar refractivity (Wildman–Crippen MR) is 82.6 cm³/mol. The van der Waals surface area contributed by atoms with Gasteiger partial charge in [-0.3, -0.25) is 0 Å². The first-order chi connectivity index (χ1) is 10.0. The van der Waals surface area contributed by atoms with Crippen LogP contribution in [0.4, 0.5) is 0 Å². The molecule has 1 saturated heterocycles. The molecule has 0 N–H and O–H groups in total. The second-order valence-corrected chi connectivity index (χ2v) is 7.83. The van der Waals surface area contributed by atoms with Crippen LogP contribution in [0, 0.1) is 0 Å². The van der Waals surface area contributed by atoms with E-state index in [0.29, 0.717) is 12.3 Å². The number of sulfonamides is 1. The van der Waals surface area contributed by atoms with Crippen molar-refractivity contribution in [3.8, 4) is 0 Å². The molecule has 1 aliphatic rings. The summed E-state index contributed by atoms with van der Waals surface area (Å²) in [5.74, 6) is 0.0658. The molecule has 0 bridgehead atoms. The van der Waals surface area contributed by atoms with Crippen LogP contribution < -0.4 is 0 Å². The molecule has 0 radical (unpaired) electrons. The molecule has 1 aromatic carbocycles. The van der Waals surface area contributed by atoms with Gasteiger partial charge >= 0.3 is 5.97 Å². The van der Waals surface area contributed by atoms with Crippen LogP contribution in [0.25, 0.3) is 0 Å². The third-order valence-electron chi connectivity index (χ3n) is 3.32. The maximum absolute atomic E-state index is 12.6. The number of esters is 1. The number of aryl methyl sites for hydroxylation is 1. The molecule has 1 atom stereocenters. The van der Waals surface area contributed by atoms with Crippen molar-refractivity contribution in [1.29, 1.82) is 0 Å². The van der Waals surface area contributed by atoms with Crippen LogP contribution in [0.3, 0.4) is 0 Å². The van der Waals surface area contributed by atoms with E-state index in [1.54, 1.807) is 12.1 Å². The highest BCUT2D eigenvalue weighted by atomic mass is 32.2. The summed E-state index contributed by atoms with van der Waals surface area (Å²) in [4.78, 5) is 11.9. The van der Waals surface area contributed by atoms with Crippen molar-refractivity contribution in [1.82, 2.24) is 4.31 Å². The van der Waals surface area contributed by atoms with Gasteiger partial charge in [0.15, 0.2) is 5.37 Å². The van der Waals surface area contributed by atoms with Crippen LogP contribution in [0.15, 0.2) is 29.2 Å². The number of carbonyl (C=O) groups excluding carboxylic acids is 1. The van der Waals surface area contributed by atoms with Crippen molar-refractivity contribution in [3.63, 3.8) is 0 Å². The van der Waals surface area contributed by atoms with Crippen molar-refractivity contribution >= 4 is 27.8 Å². The van der Waals surface area contributed by atoms with Crippen LogP contribution in [-0.2, 0) is 26.0 Å². The molecule has 1 aliphatic heterocycles. The Morgan fingerprint density at radius 1 is 1.38 bits per heavy atom. The van der Waals surface area contributed by atoms with Gasteiger partial charge in [-0.05, 0) is 24.1 Å². The molecule has 21 heavy (non-hydrogen) atoms. The first-order valence-corrected chi connectivity index (χ1v) is 9.29. The third-order valence-corrected chi connectivity index (χ3v) is 6.51. The number of thioether (sulfide) groups is 1. The Labute approximate surface area is 129 Å². The number of methoxy groups -OCH3 is 1. The van der Waals surface area contributed by atoms with Crippen LogP contribution in [0.2, 0.25) is 0 Å². The van der Waals surface area contributed by atoms with E-state index in [9.17, 15) is 13.2 Å². The number of carbonyl (C=O) groups is 1. The molecule has 1 aromatic rings. The van der Waals surface area contributed by atoms with Gasteiger partial charge in [-0.15, -0.1) is 11.8 Å². The smallest absolute Gasteiger partial charge is 0.334 e. The van der Waals surface area contributed by atoms with Gasteiger partial charge in [0, 0.05) is 12.3 Å². The Bertz CT molecular complexity index is 598. The maximum atomic E-state index is 12.6. The quantitative estimate of drug-likeness (QED) is 0.772. The van der Waals surface area contributed by atoms with E-state index in [1.165, 1.54) is 23.2 Å². The first-order valence-electron chi connectivity index (χ1n) is 6.81. The summed E-state index contributed by atoms with van der Waals surface area (Å²) in [6, 6.07) is 6.87. The lowest BCUT2D eigenvalue weighted by molar-refractivity contribution is -0.141. The van der Waals surface area contributed by atoms with E-state index in [1.807, 2.05) is 12.1 Å². The summed E-state index contributed by atoms with van der Waals surface area (Å²) >= 11 is 1.29. The van der Waals surface area contributed by atoms with Crippen LogP contribution in [0.5, 0.6) is 0 Å². The normalized spacial score (nSPS) is 19.6. The van der Waals surface area contributed by atoms with Crippen molar-refractivity contribution in [2.24, 2.45) is 0 Å². The zero-order chi connectivity index (χ0) is 15.5. The van der Waals surface area contributed by atoms with Crippen molar-refractivity contribution in [3.05, 3.63) is 29.8 Å². The van der Waals surface area contributed by atoms with Crippen LogP contribution in [0.1, 0.15) is 18.9 Å². The van der Waals surface area contributed by atoms with Gasteiger partial charge in [0.1, 0.15) is 0 Å². The highest BCUT2D eigenvalue weighted by Crippen LogP contribution is 2.30. The van der Waals surface area contributed by atoms with Crippen LogP contribution in [-0.4, -0.2) is 43.5 Å². The SMILES string of the molecule is CCCc1ccc(S(=O)(=O)N2CCSC2C(=O)OC)cc1. The molecule has 0 amide bonds. The molecule has 2 rings (SSSR count). The van der Waals surface area contributed by atoms with Gasteiger partial charge < -0.3 is 4.74 Å². The highest BCUT2D eigenvalue weighted by molar-refractivity contribution is 8.02. The van der Waals surface area contributed by atoms with E-state index in [2.05, 4.69) is 11.7 Å². The summed E-state index contributed by atoms with van der Waals surface area (Å²) in [6.07, 6.45) is 1.93. The summed E-state index contributed by atoms with van der Waals surface area (Å²) in [7, 11) is -2.39. The van der Waals surface area contributed by atoms with Gasteiger partial charge in [-0.1, -0.05) is 25.5 Å². The Balaban J connectivity index is 2.26. The molecule has 1 fully saturated rings. The van der Waals surface area contributed by atoms with Gasteiger partial charge in [0.05, 0.1) is 12.0 Å². The molecule has 1 unspecified atom stereocenters. The average molecular weight is 329 g/mol. The fraction of sp³-hybridized carbons (Fsp3) is 0.500. The molecule has 5 nitrogen and oxygen atoms in total. The Morgan fingerprint density at radius 3 is 2.62 bits per heavy atom. The van der Waals surface area contributed by atoms with Crippen LogP contribution >= 0.6 is 11.8 Å². The number of nitrogens with zero attached hydrogens (tertiary/aromatic N) is 1. The lowest BCUT2D eigenvalue weighted by atomic mass is 10.1. The molecular formula is C14H19NO4S2. The third kappa shape index (κ3) is 3.41. The summed E-state index contributed by atoms with van der Waals surface area (Å²) in [6.45, 7) is 2.40. The predicted octanol–water partition coefficient (Wildman–Crippen LogP) is 1.88. The Kier molecular flexibility index (Phi) is 5.29. The molecular weight excluding hydrogens is 310 g/mol. The summed E-state index contributed by atoms with van der Waals surface area (Å²) in [5.41, 5.74) is 1.11. The molecule has 1 heterocycles. The Morgan fingerprint density at radius 2 is 2.05 bits per heavy atom. The molecule has 0 aromatic heterocycles. The van der Waals surface area contributed by atoms with Crippen molar-refractivity contribution < 1.29 is 17.9 Å². The number of benzene rings is 1. The van der Waals surface area contributed by atoms with E-state index >= 15 is 0 Å². The fourth-order valence-electron chi connectivity index (χ4n) is 2.24. The highest BCUT2D eigenvalue weighted by Gasteiger charge is 2.40. The minimum absolute atomic E-state index is 0.221. The number of ether oxygens (including phenoxy) is 1. The largest absolute Gasteiger partial charge is 0.467 e. The van der Waals surface area contributed by atoms with Gasteiger partial charge in [-0.2, -0.15) is 4.31 Å². The van der Waals surface area contributed by atoms with E-state index < -0.39 is 21.4 Å². The lowest BCUT2D eigenvalue weighted by Crippen LogP contribution is -2.39. The molecule has 0 spiro atoms. The Hall–Kier alpha value is -1.05. The number of hydrogen-bond acceptors (Lipinski definition) is 5. The topological polar surface area (TPSA) is 63.7 Å². The van der Waals surface area contributed by atoms with E-state index in [0.717, 1.165) is 18.4 Å². The molecule has 0 aliphatic carbocycles. The van der Waals surface area contributed by atoms with Gasteiger partial charge in [0.25, 0.3) is 0 Å². The zero-order valence-corrected chi connectivity index (χ0v) is 13.7. The monoisotopic (exact) mass is 329 g/mol. The maximum Gasteiger partial charge on any atom is 0.334 e. The second-order valence-electron chi connectivity index (χ2n) is 4.76. The first kappa shape index (κ1) is 16.3. The lowest BCUT2D eigenvalue weighted by Gasteiger charge is -2.21. The molecule has 7 heteroatoms.